The number of nitrogens with one attached hydrogen (secondary N) is 1. The summed E-state index contributed by atoms with van der Waals surface area (Å²) in [6.45, 7) is 5.69. The van der Waals surface area contributed by atoms with Crippen molar-refractivity contribution in [3.63, 3.8) is 0 Å². The minimum atomic E-state index is -4.80. The van der Waals surface area contributed by atoms with Crippen molar-refractivity contribution in [1.29, 1.82) is 0 Å². The van der Waals surface area contributed by atoms with E-state index < -0.39 is 22.4 Å². The molecule has 2 aliphatic rings. The maximum Gasteiger partial charge on any atom is 0.423 e. The van der Waals surface area contributed by atoms with Crippen LogP contribution < -0.4 is 10.2 Å². The Labute approximate surface area is 227 Å². The van der Waals surface area contributed by atoms with Gasteiger partial charge in [0.25, 0.3) is 5.69 Å². The Morgan fingerprint density at radius 1 is 1.08 bits per heavy atom. The number of nitro groups is 1. The molecule has 0 atom stereocenters. The van der Waals surface area contributed by atoms with E-state index in [1.807, 2.05) is 0 Å². The first kappa shape index (κ1) is 29.6. The lowest BCUT2D eigenvalue weighted by atomic mass is 10.0. The van der Waals surface area contributed by atoms with E-state index >= 15 is 0 Å². The monoisotopic (exact) mass is 552 g/mol. The molecule has 208 valence electrons. The van der Waals surface area contributed by atoms with Crippen molar-refractivity contribution in [2.75, 3.05) is 43.0 Å². The normalized spacial score (nSPS) is 17.2. The van der Waals surface area contributed by atoms with Gasteiger partial charge in [0.2, 0.25) is 0 Å². The first-order chi connectivity index (χ1) is 17.6. The van der Waals surface area contributed by atoms with Crippen molar-refractivity contribution in [2.24, 2.45) is 0 Å². The Bertz CT molecular complexity index is 1100. The van der Waals surface area contributed by atoms with Crippen molar-refractivity contribution in [1.82, 2.24) is 4.90 Å². The minimum absolute atomic E-state index is 0. The van der Waals surface area contributed by atoms with Crippen LogP contribution in [0, 0.1) is 17.0 Å². The van der Waals surface area contributed by atoms with Crippen molar-refractivity contribution in [3.8, 4) is 0 Å². The Morgan fingerprint density at radius 3 is 2.29 bits per heavy atom. The Hall–Kier alpha value is -2.92. The number of likely N-dealkylation sites (tertiary alicyclic amines) is 1. The van der Waals surface area contributed by atoms with Crippen molar-refractivity contribution in [2.45, 2.75) is 58.4 Å². The first-order valence-electron chi connectivity index (χ1n) is 12.4. The molecule has 2 heterocycles. The number of alkyl halides is 3. The van der Waals surface area contributed by atoms with Crippen LogP contribution in [-0.4, -0.2) is 59.7 Å². The van der Waals surface area contributed by atoms with Gasteiger partial charge in [-0.2, -0.15) is 13.2 Å². The van der Waals surface area contributed by atoms with E-state index in [1.54, 1.807) is 0 Å². The number of benzene rings is 2. The molecule has 0 unspecified atom stereocenters. The molecule has 38 heavy (non-hydrogen) atoms. The number of piperidine rings is 2. The molecule has 4 rings (SSSR count). The second-order valence-electron chi connectivity index (χ2n) is 9.62. The molecule has 2 fully saturated rings. The molecule has 0 aromatic heterocycles. The van der Waals surface area contributed by atoms with Crippen LogP contribution in [0.5, 0.6) is 0 Å². The molecule has 0 aliphatic carbocycles. The molecule has 11 heteroatoms. The number of ether oxygens (including phenoxy) is 1. The van der Waals surface area contributed by atoms with Gasteiger partial charge in [-0.25, -0.2) is 0 Å². The standard InChI is InChI=1S/C26H31F3N4O3S.CH4/c1-18-2-5-21(6-3-18)31-14-10-22(11-15-31)36-17-25(37)32-12-8-19(9-13-32)30-20-4-7-24(33(34)35)23(16-20)26(27,28)29;/h2-7,16,19,22,30H,8-15,17H2,1H3;1H4. The van der Waals surface area contributed by atoms with E-state index in [0.29, 0.717) is 32.5 Å². The SMILES string of the molecule is C.Cc1ccc(N2CCC(OCC(=S)N3CCC(Nc4ccc([N+](=O)[O-])c(C(F)(F)F)c4)CC3)CC2)cc1. The van der Waals surface area contributed by atoms with Crippen molar-refractivity contribution >= 4 is 34.3 Å². The molecule has 2 aromatic rings. The zero-order valence-electron chi connectivity index (χ0n) is 20.7. The van der Waals surface area contributed by atoms with Gasteiger partial charge in [-0.1, -0.05) is 37.3 Å². The molecule has 0 spiro atoms. The molecule has 0 saturated carbocycles. The number of nitrogens with zero attached hydrogens (tertiary/aromatic N) is 3. The molecule has 2 aliphatic heterocycles. The molecule has 0 radical (unpaired) electrons. The number of nitro benzene ring substituents is 1. The van der Waals surface area contributed by atoms with Crippen LogP contribution in [0.4, 0.5) is 30.2 Å². The van der Waals surface area contributed by atoms with Crippen LogP contribution >= 0.6 is 12.2 Å². The fourth-order valence-corrected chi connectivity index (χ4v) is 5.09. The molecule has 0 amide bonds. The third-order valence-corrected chi connectivity index (χ3v) is 7.38. The Kier molecular flexibility index (Phi) is 9.94. The lowest BCUT2D eigenvalue weighted by Gasteiger charge is -2.36. The maximum absolute atomic E-state index is 13.3. The number of thiocarbonyl (C=S) groups is 1. The van der Waals surface area contributed by atoms with E-state index in [4.69, 9.17) is 17.0 Å². The third kappa shape index (κ3) is 7.57. The molecule has 0 bridgehead atoms. The summed E-state index contributed by atoms with van der Waals surface area (Å²) < 4.78 is 45.9. The van der Waals surface area contributed by atoms with Gasteiger partial charge < -0.3 is 19.9 Å². The summed E-state index contributed by atoms with van der Waals surface area (Å²) >= 11 is 5.60. The molecule has 7 nitrogen and oxygen atoms in total. The van der Waals surface area contributed by atoms with Gasteiger partial charge in [-0.3, -0.25) is 10.1 Å². The van der Waals surface area contributed by atoms with Gasteiger partial charge >= 0.3 is 6.18 Å². The smallest absolute Gasteiger partial charge is 0.382 e. The highest BCUT2D eigenvalue weighted by Crippen LogP contribution is 2.38. The Morgan fingerprint density at radius 2 is 1.71 bits per heavy atom. The summed E-state index contributed by atoms with van der Waals surface area (Å²) in [6, 6.07) is 11.5. The van der Waals surface area contributed by atoms with E-state index in [0.717, 1.165) is 43.1 Å². The molecular weight excluding hydrogens is 517 g/mol. The van der Waals surface area contributed by atoms with Crippen LogP contribution in [-0.2, 0) is 10.9 Å². The summed E-state index contributed by atoms with van der Waals surface area (Å²) in [5.41, 5.74) is 0.512. The predicted molar refractivity (Wildman–Crippen MR) is 148 cm³/mol. The van der Waals surface area contributed by atoms with Crippen molar-refractivity contribution in [3.05, 3.63) is 63.7 Å². The van der Waals surface area contributed by atoms with Crippen molar-refractivity contribution < 1.29 is 22.8 Å². The highest BCUT2D eigenvalue weighted by molar-refractivity contribution is 7.80. The van der Waals surface area contributed by atoms with E-state index in [2.05, 4.69) is 46.3 Å². The number of hydrogen-bond donors (Lipinski definition) is 1. The first-order valence-corrected chi connectivity index (χ1v) is 12.8. The lowest BCUT2D eigenvalue weighted by Crippen LogP contribution is -2.44. The summed E-state index contributed by atoms with van der Waals surface area (Å²) in [4.78, 5) is 15.2. The highest BCUT2D eigenvalue weighted by atomic mass is 32.1. The van der Waals surface area contributed by atoms with Crippen LogP contribution in [0.15, 0.2) is 42.5 Å². The number of aryl methyl sites for hydroxylation is 1. The average Bonchev–Trinajstić information content (AvgIpc) is 2.88. The average molecular weight is 553 g/mol. The number of halogens is 3. The topological polar surface area (TPSA) is 70.9 Å². The summed E-state index contributed by atoms with van der Waals surface area (Å²) in [6.07, 6.45) is -1.37. The van der Waals surface area contributed by atoms with E-state index in [-0.39, 0.29) is 25.3 Å². The van der Waals surface area contributed by atoms with Crippen LogP contribution in [0.3, 0.4) is 0 Å². The molecule has 1 N–H and O–H groups in total. The summed E-state index contributed by atoms with van der Waals surface area (Å²) in [7, 11) is 0. The molecule has 2 aromatic carbocycles. The number of hydrogen-bond acceptors (Lipinski definition) is 6. The zero-order valence-corrected chi connectivity index (χ0v) is 21.5. The second kappa shape index (κ2) is 12.8. The van der Waals surface area contributed by atoms with Crippen LogP contribution in [0.25, 0.3) is 0 Å². The summed E-state index contributed by atoms with van der Waals surface area (Å²) in [5, 5.41) is 14.1. The fourth-order valence-electron chi connectivity index (χ4n) is 4.84. The number of anilines is 2. The highest BCUT2D eigenvalue weighted by Gasteiger charge is 2.38. The van der Waals surface area contributed by atoms with Gasteiger partial charge in [-0.15, -0.1) is 0 Å². The Balaban J connectivity index is 0.00000400. The fraction of sp³-hybridized carbons (Fsp3) is 0.519. The zero-order chi connectivity index (χ0) is 26.6. The predicted octanol–water partition coefficient (Wildman–Crippen LogP) is 6.45. The summed E-state index contributed by atoms with van der Waals surface area (Å²) in [5.74, 6) is 0. The van der Waals surface area contributed by atoms with Crippen LogP contribution in [0.1, 0.15) is 44.2 Å². The lowest BCUT2D eigenvalue weighted by molar-refractivity contribution is -0.388. The largest absolute Gasteiger partial charge is 0.423 e. The van der Waals surface area contributed by atoms with Gasteiger partial charge in [-0.05, 0) is 56.9 Å². The van der Waals surface area contributed by atoms with Crippen LogP contribution in [0.2, 0.25) is 0 Å². The third-order valence-electron chi connectivity index (χ3n) is 7.00. The quantitative estimate of drug-likeness (QED) is 0.241. The van der Waals surface area contributed by atoms with Gasteiger partial charge in [0, 0.05) is 49.7 Å². The minimum Gasteiger partial charge on any atom is -0.382 e. The second-order valence-corrected chi connectivity index (χ2v) is 10.1. The van der Waals surface area contributed by atoms with E-state index in [1.165, 1.54) is 17.3 Å². The maximum atomic E-state index is 13.3. The number of rotatable bonds is 7. The molecule has 2 saturated heterocycles. The van der Waals surface area contributed by atoms with E-state index in [9.17, 15) is 23.3 Å². The van der Waals surface area contributed by atoms with Gasteiger partial charge in [0.1, 0.15) is 10.6 Å². The molecular formula is C27H35F3N4O3S. The van der Waals surface area contributed by atoms with Gasteiger partial charge in [0.15, 0.2) is 0 Å². The van der Waals surface area contributed by atoms with Gasteiger partial charge in [0.05, 0.1) is 17.6 Å².